The monoisotopic (exact) mass is 242 g/mol. The standard InChI is InChI=1S/C13H14N4O/c1-8-9(2)18-13(17-8)7-16-12-4-3-11(15)5-10(12)6-14/h3-5,16H,7,15H2,1-2H3. The Hall–Kier alpha value is -2.48. The molecule has 1 aromatic carbocycles. The van der Waals surface area contributed by atoms with E-state index < -0.39 is 0 Å². The number of anilines is 2. The molecule has 5 heteroatoms. The van der Waals surface area contributed by atoms with Gasteiger partial charge in [-0.15, -0.1) is 0 Å². The summed E-state index contributed by atoms with van der Waals surface area (Å²) in [6.07, 6.45) is 0. The number of nitrogens with zero attached hydrogens (tertiary/aromatic N) is 2. The number of hydrogen-bond acceptors (Lipinski definition) is 5. The zero-order chi connectivity index (χ0) is 13.1. The molecule has 0 saturated carbocycles. The van der Waals surface area contributed by atoms with E-state index in [4.69, 9.17) is 15.4 Å². The number of nitrogens with one attached hydrogen (secondary N) is 1. The van der Waals surface area contributed by atoms with Crippen LogP contribution in [-0.4, -0.2) is 4.98 Å². The van der Waals surface area contributed by atoms with Crippen molar-refractivity contribution in [3.63, 3.8) is 0 Å². The van der Waals surface area contributed by atoms with E-state index in [0.29, 0.717) is 23.7 Å². The first-order chi connectivity index (χ1) is 8.60. The van der Waals surface area contributed by atoms with Crippen LogP contribution in [0.15, 0.2) is 22.6 Å². The molecule has 0 unspecified atom stereocenters. The van der Waals surface area contributed by atoms with E-state index in [1.165, 1.54) is 0 Å². The first kappa shape index (κ1) is 12.0. The molecule has 0 aliphatic rings. The predicted molar refractivity (Wildman–Crippen MR) is 68.9 cm³/mol. The lowest BCUT2D eigenvalue weighted by molar-refractivity contribution is 0.478. The number of hydrogen-bond donors (Lipinski definition) is 2. The number of rotatable bonds is 3. The zero-order valence-corrected chi connectivity index (χ0v) is 10.3. The van der Waals surface area contributed by atoms with Crippen LogP contribution in [0.4, 0.5) is 11.4 Å². The molecule has 0 fully saturated rings. The Balaban J connectivity index is 2.13. The minimum Gasteiger partial charge on any atom is -0.444 e. The Kier molecular flexibility index (Phi) is 3.20. The fourth-order valence-electron chi connectivity index (χ4n) is 1.59. The van der Waals surface area contributed by atoms with Crippen LogP contribution in [-0.2, 0) is 6.54 Å². The molecule has 1 aromatic heterocycles. The quantitative estimate of drug-likeness (QED) is 0.806. The number of nitrogen functional groups attached to an aromatic ring is 1. The fourth-order valence-corrected chi connectivity index (χ4v) is 1.59. The van der Waals surface area contributed by atoms with Crippen LogP contribution in [0.25, 0.3) is 0 Å². The minimum atomic E-state index is 0.438. The Morgan fingerprint density at radius 2 is 2.22 bits per heavy atom. The van der Waals surface area contributed by atoms with Gasteiger partial charge in [0, 0.05) is 5.69 Å². The van der Waals surface area contributed by atoms with Gasteiger partial charge in [0.2, 0.25) is 5.89 Å². The normalized spacial score (nSPS) is 10.1. The van der Waals surface area contributed by atoms with E-state index in [2.05, 4.69) is 16.4 Å². The van der Waals surface area contributed by atoms with Gasteiger partial charge in [0.25, 0.3) is 0 Å². The van der Waals surface area contributed by atoms with E-state index in [1.54, 1.807) is 18.2 Å². The summed E-state index contributed by atoms with van der Waals surface area (Å²) in [5.74, 6) is 1.41. The summed E-state index contributed by atoms with van der Waals surface area (Å²) < 4.78 is 5.45. The molecule has 0 saturated heterocycles. The molecule has 2 aromatic rings. The van der Waals surface area contributed by atoms with Crippen LogP contribution < -0.4 is 11.1 Å². The molecule has 18 heavy (non-hydrogen) atoms. The molecular weight excluding hydrogens is 228 g/mol. The average molecular weight is 242 g/mol. The Bertz CT molecular complexity index is 590. The van der Waals surface area contributed by atoms with Gasteiger partial charge in [-0.2, -0.15) is 5.26 Å². The van der Waals surface area contributed by atoms with E-state index in [-0.39, 0.29) is 0 Å². The maximum absolute atomic E-state index is 9.00. The van der Waals surface area contributed by atoms with Crippen LogP contribution in [0.2, 0.25) is 0 Å². The van der Waals surface area contributed by atoms with Crippen molar-refractivity contribution < 1.29 is 4.42 Å². The van der Waals surface area contributed by atoms with E-state index >= 15 is 0 Å². The van der Waals surface area contributed by atoms with Crippen LogP contribution in [0.1, 0.15) is 22.9 Å². The molecule has 1 heterocycles. The highest BCUT2D eigenvalue weighted by Gasteiger charge is 2.07. The Morgan fingerprint density at radius 3 is 2.83 bits per heavy atom. The van der Waals surface area contributed by atoms with E-state index in [0.717, 1.165) is 17.1 Å². The van der Waals surface area contributed by atoms with Crippen LogP contribution in [0.5, 0.6) is 0 Å². The second kappa shape index (κ2) is 4.80. The fraction of sp³-hybridized carbons (Fsp3) is 0.231. The highest BCUT2D eigenvalue weighted by atomic mass is 16.4. The predicted octanol–water partition coefficient (Wildman–Crippen LogP) is 2.36. The second-order valence-corrected chi connectivity index (χ2v) is 4.02. The summed E-state index contributed by atoms with van der Waals surface area (Å²) in [6.45, 7) is 4.20. The number of aromatic nitrogens is 1. The maximum Gasteiger partial charge on any atom is 0.213 e. The lowest BCUT2D eigenvalue weighted by atomic mass is 10.1. The van der Waals surface area contributed by atoms with Crippen molar-refractivity contribution in [1.29, 1.82) is 5.26 Å². The maximum atomic E-state index is 9.00. The molecule has 0 amide bonds. The van der Waals surface area contributed by atoms with Gasteiger partial charge in [-0.1, -0.05) is 0 Å². The van der Waals surface area contributed by atoms with Gasteiger partial charge in [-0.05, 0) is 32.0 Å². The number of nitriles is 1. The first-order valence-electron chi connectivity index (χ1n) is 5.56. The third-order valence-electron chi connectivity index (χ3n) is 2.67. The molecule has 0 radical (unpaired) electrons. The van der Waals surface area contributed by atoms with Gasteiger partial charge in [-0.25, -0.2) is 4.98 Å². The van der Waals surface area contributed by atoms with Crippen molar-refractivity contribution in [3.8, 4) is 6.07 Å². The minimum absolute atomic E-state index is 0.438. The van der Waals surface area contributed by atoms with Gasteiger partial charge in [-0.3, -0.25) is 0 Å². The number of nitrogens with two attached hydrogens (primary N) is 1. The van der Waals surface area contributed by atoms with Crippen LogP contribution in [0.3, 0.4) is 0 Å². The molecule has 0 aliphatic carbocycles. The highest BCUT2D eigenvalue weighted by molar-refractivity contribution is 5.62. The third kappa shape index (κ3) is 2.43. The molecule has 92 valence electrons. The Labute approximate surface area is 105 Å². The summed E-state index contributed by atoms with van der Waals surface area (Å²) in [5, 5.41) is 12.1. The topological polar surface area (TPSA) is 87.9 Å². The number of benzene rings is 1. The molecule has 3 N–H and O–H groups in total. The molecule has 0 spiro atoms. The smallest absolute Gasteiger partial charge is 0.213 e. The molecule has 2 rings (SSSR count). The lowest BCUT2D eigenvalue weighted by Gasteiger charge is -2.06. The highest BCUT2D eigenvalue weighted by Crippen LogP contribution is 2.19. The third-order valence-corrected chi connectivity index (χ3v) is 2.67. The average Bonchev–Trinajstić information content (AvgIpc) is 2.67. The lowest BCUT2D eigenvalue weighted by Crippen LogP contribution is -2.02. The summed E-state index contributed by atoms with van der Waals surface area (Å²) in [6, 6.07) is 7.25. The van der Waals surface area contributed by atoms with Gasteiger partial charge < -0.3 is 15.5 Å². The summed E-state index contributed by atoms with van der Waals surface area (Å²) in [7, 11) is 0. The molecule has 0 aliphatic heterocycles. The van der Waals surface area contributed by atoms with Crippen molar-refractivity contribution in [2.24, 2.45) is 0 Å². The van der Waals surface area contributed by atoms with Crippen LogP contribution in [0, 0.1) is 25.2 Å². The van der Waals surface area contributed by atoms with E-state index in [9.17, 15) is 0 Å². The number of oxazole rings is 1. The zero-order valence-electron chi connectivity index (χ0n) is 10.3. The summed E-state index contributed by atoms with van der Waals surface area (Å²) in [5.41, 5.74) is 8.30. The molecule has 0 bridgehead atoms. The van der Waals surface area contributed by atoms with Crippen molar-refractivity contribution in [1.82, 2.24) is 4.98 Å². The largest absolute Gasteiger partial charge is 0.444 e. The molecule has 0 atom stereocenters. The van der Waals surface area contributed by atoms with Crippen molar-refractivity contribution in [2.75, 3.05) is 11.1 Å². The SMILES string of the molecule is Cc1nc(CNc2ccc(N)cc2C#N)oc1C. The molecular formula is C13H14N4O. The van der Waals surface area contributed by atoms with Gasteiger partial charge in [0.15, 0.2) is 0 Å². The van der Waals surface area contributed by atoms with Gasteiger partial charge in [0.05, 0.1) is 23.5 Å². The number of aryl methyl sites for hydroxylation is 2. The van der Waals surface area contributed by atoms with Gasteiger partial charge >= 0.3 is 0 Å². The first-order valence-corrected chi connectivity index (χ1v) is 5.56. The summed E-state index contributed by atoms with van der Waals surface area (Å²) in [4.78, 5) is 4.26. The summed E-state index contributed by atoms with van der Waals surface area (Å²) >= 11 is 0. The second-order valence-electron chi connectivity index (χ2n) is 4.02. The molecule has 5 nitrogen and oxygen atoms in total. The van der Waals surface area contributed by atoms with E-state index in [1.807, 2.05) is 13.8 Å². The van der Waals surface area contributed by atoms with Gasteiger partial charge in [0.1, 0.15) is 11.8 Å². The van der Waals surface area contributed by atoms with Crippen molar-refractivity contribution >= 4 is 11.4 Å². The van der Waals surface area contributed by atoms with Crippen LogP contribution >= 0.6 is 0 Å². The van der Waals surface area contributed by atoms with Crippen molar-refractivity contribution in [3.05, 3.63) is 41.1 Å². The Morgan fingerprint density at radius 1 is 1.44 bits per heavy atom. The van der Waals surface area contributed by atoms with Crippen molar-refractivity contribution in [2.45, 2.75) is 20.4 Å².